The number of benzene rings is 2. The van der Waals surface area contributed by atoms with Crippen LogP contribution in [0.25, 0.3) is 0 Å². The van der Waals surface area contributed by atoms with E-state index in [4.69, 9.17) is 0 Å². The molecule has 0 aliphatic heterocycles. The lowest BCUT2D eigenvalue weighted by molar-refractivity contribution is -0.119. The van der Waals surface area contributed by atoms with Crippen LogP contribution in [0.2, 0.25) is 0 Å². The number of fused-ring (bicyclic) bond motifs is 1. The fourth-order valence-corrected chi connectivity index (χ4v) is 3.73. The predicted molar refractivity (Wildman–Crippen MR) is 103 cm³/mol. The summed E-state index contributed by atoms with van der Waals surface area (Å²) in [5, 5.41) is 5.75. The summed E-state index contributed by atoms with van der Waals surface area (Å²) >= 11 is 1.26. The van der Waals surface area contributed by atoms with E-state index in [0.29, 0.717) is 5.69 Å². The van der Waals surface area contributed by atoms with E-state index in [2.05, 4.69) is 22.8 Å². The number of carbonyl (C=O) groups is 2. The van der Waals surface area contributed by atoms with Crippen molar-refractivity contribution in [3.8, 4) is 0 Å². The second kappa shape index (κ2) is 8.85. The van der Waals surface area contributed by atoms with E-state index >= 15 is 0 Å². The first-order valence-corrected chi connectivity index (χ1v) is 9.77. The van der Waals surface area contributed by atoms with Crippen LogP contribution in [0.1, 0.15) is 30.0 Å². The van der Waals surface area contributed by atoms with Crippen molar-refractivity contribution in [1.82, 2.24) is 5.32 Å². The molecule has 2 N–H and O–H groups in total. The van der Waals surface area contributed by atoms with Gasteiger partial charge in [0.05, 0.1) is 17.5 Å². The first-order chi connectivity index (χ1) is 12.6. The van der Waals surface area contributed by atoms with Gasteiger partial charge >= 0.3 is 0 Å². The van der Waals surface area contributed by atoms with Gasteiger partial charge in [-0.1, -0.05) is 24.3 Å². The van der Waals surface area contributed by atoms with Crippen molar-refractivity contribution in [1.29, 1.82) is 0 Å². The van der Waals surface area contributed by atoms with Crippen LogP contribution in [-0.4, -0.2) is 23.3 Å². The quantitative estimate of drug-likeness (QED) is 0.813. The van der Waals surface area contributed by atoms with Crippen LogP contribution in [0.5, 0.6) is 0 Å². The van der Waals surface area contributed by atoms with Crippen molar-refractivity contribution in [2.45, 2.75) is 25.3 Å². The van der Waals surface area contributed by atoms with Crippen molar-refractivity contribution in [2.24, 2.45) is 0 Å². The number of halogens is 1. The molecule has 0 radical (unpaired) electrons. The number of aryl methyl sites for hydroxylation is 1. The Kier molecular flexibility index (Phi) is 6.28. The predicted octanol–water partition coefficient (Wildman–Crippen LogP) is 3.69. The summed E-state index contributed by atoms with van der Waals surface area (Å²) in [6.45, 7) is 0. The molecule has 2 aromatic rings. The highest BCUT2D eigenvalue weighted by atomic mass is 32.2. The molecule has 0 aromatic heterocycles. The van der Waals surface area contributed by atoms with Crippen LogP contribution in [0.3, 0.4) is 0 Å². The van der Waals surface area contributed by atoms with Gasteiger partial charge in [-0.2, -0.15) is 0 Å². The third-order valence-electron chi connectivity index (χ3n) is 4.30. The minimum absolute atomic E-state index is 0.0566. The third kappa shape index (κ3) is 5.08. The monoisotopic (exact) mass is 372 g/mol. The van der Waals surface area contributed by atoms with Crippen LogP contribution >= 0.6 is 11.8 Å². The molecule has 2 amide bonds. The Balaban J connectivity index is 1.42. The van der Waals surface area contributed by atoms with Gasteiger partial charge in [0.15, 0.2) is 0 Å². The Morgan fingerprint density at radius 1 is 1.04 bits per heavy atom. The molecule has 136 valence electrons. The van der Waals surface area contributed by atoms with Gasteiger partial charge in [0, 0.05) is 5.69 Å². The summed E-state index contributed by atoms with van der Waals surface area (Å²) in [5.74, 6) is -0.219. The molecule has 0 heterocycles. The molecule has 0 saturated heterocycles. The molecule has 6 heteroatoms. The van der Waals surface area contributed by atoms with Crippen LogP contribution in [0, 0.1) is 5.82 Å². The fourth-order valence-electron chi connectivity index (χ4n) is 3.11. The lowest BCUT2D eigenvalue weighted by atomic mass is 9.88. The number of carbonyl (C=O) groups excluding carboxylic acids is 2. The van der Waals surface area contributed by atoms with Crippen LogP contribution in [0.15, 0.2) is 48.5 Å². The molecule has 1 aliphatic rings. The summed E-state index contributed by atoms with van der Waals surface area (Å²) in [4.78, 5) is 24.1. The van der Waals surface area contributed by atoms with E-state index in [1.54, 1.807) is 0 Å². The lowest BCUT2D eigenvalue weighted by Crippen LogP contribution is -2.32. The largest absolute Gasteiger partial charge is 0.349 e. The first-order valence-electron chi connectivity index (χ1n) is 8.62. The number of hydrogen-bond acceptors (Lipinski definition) is 3. The van der Waals surface area contributed by atoms with Gasteiger partial charge in [0.25, 0.3) is 0 Å². The molecule has 2 aromatic carbocycles. The molecule has 1 aliphatic carbocycles. The Morgan fingerprint density at radius 3 is 2.58 bits per heavy atom. The standard InChI is InChI=1S/C20H21FN2O2S/c21-15-8-10-16(11-9-15)22-19(24)12-26-13-20(25)23-18-7-3-5-14-4-1-2-6-17(14)18/h1-2,4,6,8-11,18H,3,5,7,12-13H2,(H,22,24)(H,23,25). The van der Waals surface area contributed by atoms with Crippen LogP contribution in [-0.2, 0) is 16.0 Å². The van der Waals surface area contributed by atoms with Gasteiger partial charge in [-0.3, -0.25) is 9.59 Å². The van der Waals surface area contributed by atoms with Gasteiger partial charge in [-0.25, -0.2) is 4.39 Å². The highest BCUT2D eigenvalue weighted by Crippen LogP contribution is 2.29. The molecule has 1 unspecified atom stereocenters. The van der Waals surface area contributed by atoms with Crippen LogP contribution in [0.4, 0.5) is 10.1 Å². The van der Waals surface area contributed by atoms with E-state index in [1.807, 2.05) is 12.1 Å². The first kappa shape index (κ1) is 18.5. The Labute approximate surface area is 156 Å². The zero-order valence-electron chi connectivity index (χ0n) is 14.3. The minimum Gasteiger partial charge on any atom is -0.349 e. The number of amides is 2. The summed E-state index contributed by atoms with van der Waals surface area (Å²) in [7, 11) is 0. The van der Waals surface area contributed by atoms with Crippen molar-refractivity contribution in [2.75, 3.05) is 16.8 Å². The number of thioether (sulfide) groups is 1. The zero-order valence-corrected chi connectivity index (χ0v) is 15.2. The minimum atomic E-state index is -0.349. The maximum absolute atomic E-state index is 12.8. The topological polar surface area (TPSA) is 58.2 Å². The maximum Gasteiger partial charge on any atom is 0.234 e. The number of rotatable bonds is 6. The van der Waals surface area contributed by atoms with Gasteiger partial charge in [0.1, 0.15) is 5.82 Å². The number of anilines is 1. The Hall–Kier alpha value is -2.34. The van der Waals surface area contributed by atoms with Crippen molar-refractivity contribution in [3.63, 3.8) is 0 Å². The Bertz CT molecular complexity index is 780. The highest BCUT2D eigenvalue weighted by molar-refractivity contribution is 8.00. The Morgan fingerprint density at radius 2 is 1.77 bits per heavy atom. The summed E-state index contributed by atoms with van der Waals surface area (Å²) in [6, 6.07) is 13.9. The average Bonchev–Trinajstić information content (AvgIpc) is 2.64. The average molecular weight is 372 g/mol. The van der Waals surface area contributed by atoms with Gasteiger partial charge < -0.3 is 10.6 Å². The zero-order chi connectivity index (χ0) is 18.4. The SMILES string of the molecule is O=C(CSCC(=O)NC1CCCc2ccccc21)Nc1ccc(F)cc1. The third-order valence-corrected chi connectivity index (χ3v) is 5.23. The molecule has 0 fully saturated rings. The summed E-state index contributed by atoms with van der Waals surface area (Å²) in [5.41, 5.74) is 3.04. The maximum atomic E-state index is 12.8. The molecule has 0 saturated carbocycles. The number of nitrogens with one attached hydrogen (secondary N) is 2. The molecular formula is C20H21FN2O2S. The summed E-state index contributed by atoms with van der Waals surface area (Å²) in [6.07, 6.45) is 3.06. The second-order valence-electron chi connectivity index (χ2n) is 6.26. The molecule has 0 bridgehead atoms. The smallest absolute Gasteiger partial charge is 0.234 e. The second-order valence-corrected chi connectivity index (χ2v) is 7.24. The van der Waals surface area contributed by atoms with E-state index in [0.717, 1.165) is 19.3 Å². The fraction of sp³-hybridized carbons (Fsp3) is 0.300. The molecule has 26 heavy (non-hydrogen) atoms. The van der Waals surface area contributed by atoms with Crippen molar-refractivity contribution in [3.05, 3.63) is 65.5 Å². The summed E-state index contributed by atoms with van der Waals surface area (Å²) < 4.78 is 12.8. The van der Waals surface area contributed by atoms with Gasteiger partial charge in [0.2, 0.25) is 11.8 Å². The number of hydrogen-bond donors (Lipinski definition) is 2. The van der Waals surface area contributed by atoms with Gasteiger partial charge in [-0.15, -0.1) is 11.8 Å². The van der Waals surface area contributed by atoms with E-state index in [-0.39, 0.29) is 35.2 Å². The van der Waals surface area contributed by atoms with Crippen molar-refractivity contribution >= 4 is 29.3 Å². The van der Waals surface area contributed by atoms with Gasteiger partial charge in [-0.05, 0) is 54.7 Å². The molecule has 0 spiro atoms. The lowest BCUT2D eigenvalue weighted by Gasteiger charge is -2.26. The molecule has 3 rings (SSSR count). The molecular weight excluding hydrogens is 351 g/mol. The highest BCUT2D eigenvalue weighted by Gasteiger charge is 2.21. The van der Waals surface area contributed by atoms with Crippen molar-refractivity contribution < 1.29 is 14.0 Å². The van der Waals surface area contributed by atoms with E-state index in [1.165, 1.54) is 47.2 Å². The van der Waals surface area contributed by atoms with E-state index in [9.17, 15) is 14.0 Å². The molecule has 4 nitrogen and oxygen atoms in total. The normalized spacial score (nSPS) is 15.8. The molecule has 1 atom stereocenters. The van der Waals surface area contributed by atoms with E-state index < -0.39 is 0 Å². The van der Waals surface area contributed by atoms with Crippen LogP contribution < -0.4 is 10.6 Å².